The van der Waals surface area contributed by atoms with Gasteiger partial charge in [0.25, 0.3) is 17.7 Å². The van der Waals surface area contributed by atoms with Gasteiger partial charge in [0, 0.05) is 6.04 Å². The first-order chi connectivity index (χ1) is 15.8. The summed E-state index contributed by atoms with van der Waals surface area (Å²) < 4.78 is 5.37. The van der Waals surface area contributed by atoms with Gasteiger partial charge in [0.05, 0.1) is 22.4 Å². The summed E-state index contributed by atoms with van der Waals surface area (Å²) in [5, 5.41) is 2.99. The zero-order chi connectivity index (χ0) is 23.7. The second-order valence-corrected chi connectivity index (χ2v) is 8.92. The molecule has 3 atom stereocenters. The average Bonchev–Trinajstić information content (AvgIpc) is 3.05. The summed E-state index contributed by atoms with van der Waals surface area (Å²) in [5.41, 5.74) is 1.80. The van der Waals surface area contributed by atoms with Gasteiger partial charge in [-0.3, -0.25) is 14.4 Å². The molecule has 2 aromatic carbocycles. The van der Waals surface area contributed by atoms with Crippen LogP contribution >= 0.6 is 0 Å². The van der Waals surface area contributed by atoms with Crippen molar-refractivity contribution in [2.75, 3.05) is 4.90 Å². The summed E-state index contributed by atoms with van der Waals surface area (Å²) in [7, 11) is 0. The maximum atomic E-state index is 13.0. The van der Waals surface area contributed by atoms with Crippen LogP contribution < -0.4 is 10.2 Å². The fourth-order valence-electron chi connectivity index (χ4n) is 4.51. The lowest BCUT2D eigenvalue weighted by Gasteiger charge is -2.30. The molecule has 172 valence electrons. The smallest absolute Gasteiger partial charge is 0.338 e. The van der Waals surface area contributed by atoms with E-state index in [4.69, 9.17) is 4.74 Å². The molecule has 0 saturated heterocycles. The average molecular weight is 449 g/mol. The molecule has 1 fully saturated rings. The number of carbonyl (C=O) groups excluding carboxylic acids is 4. The second-order valence-electron chi connectivity index (χ2n) is 8.92. The Bertz CT molecular complexity index is 1130. The first-order valence-corrected chi connectivity index (χ1v) is 11.4. The summed E-state index contributed by atoms with van der Waals surface area (Å²) in [4.78, 5) is 52.2. The molecule has 0 aromatic heterocycles. The van der Waals surface area contributed by atoms with Crippen molar-refractivity contribution in [1.82, 2.24) is 5.32 Å². The van der Waals surface area contributed by atoms with Crippen LogP contribution in [0.3, 0.4) is 0 Å². The molecule has 0 unspecified atom stereocenters. The van der Waals surface area contributed by atoms with Crippen LogP contribution in [0.25, 0.3) is 0 Å². The minimum atomic E-state index is -0.972. The number of amides is 3. The minimum Gasteiger partial charge on any atom is -0.449 e. The van der Waals surface area contributed by atoms with E-state index in [1.54, 1.807) is 12.1 Å². The fourth-order valence-corrected chi connectivity index (χ4v) is 4.51. The van der Waals surface area contributed by atoms with Gasteiger partial charge in [0.15, 0.2) is 6.10 Å². The maximum absolute atomic E-state index is 13.0. The molecule has 3 amide bonds. The molecule has 0 spiro atoms. The lowest BCUT2D eigenvalue weighted by atomic mass is 9.86. The number of para-hydroxylation sites is 1. The maximum Gasteiger partial charge on any atom is 0.338 e. The zero-order valence-corrected chi connectivity index (χ0v) is 19.1. The number of nitrogens with zero attached hydrogens (tertiary/aromatic N) is 1. The predicted molar refractivity (Wildman–Crippen MR) is 123 cm³/mol. The van der Waals surface area contributed by atoms with E-state index in [0.29, 0.717) is 11.6 Å². The molecular weight excluding hydrogens is 420 g/mol. The van der Waals surface area contributed by atoms with E-state index in [1.807, 2.05) is 19.1 Å². The van der Waals surface area contributed by atoms with E-state index < -0.39 is 23.9 Å². The fraction of sp³-hybridized carbons (Fsp3) is 0.385. The Balaban J connectivity index is 1.47. The number of esters is 1. The number of imide groups is 1. The Morgan fingerprint density at radius 2 is 1.73 bits per heavy atom. The van der Waals surface area contributed by atoms with Crippen molar-refractivity contribution in [1.29, 1.82) is 0 Å². The van der Waals surface area contributed by atoms with Crippen LogP contribution in [0, 0.1) is 12.8 Å². The van der Waals surface area contributed by atoms with Crippen LogP contribution in [0.5, 0.6) is 0 Å². The zero-order valence-electron chi connectivity index (χ0n) is 19.1. The molecule has 0 radical (unpaired) electrons. The third-order valence-electron chi connectivity index (χ3n) is 6.57. The van der Waals surface area contributed by atoms with Gasteiger partial charge in [-0.25, -0.2) is 9.69 Å². The van der Waals surface area contributed by atoms with E-state index in [0.717, 1.165) is 29.7 Å². The van der Waals surface area contributed by atoms with Crippen LogP contribution in [0.15, 0.2) is 42.5 Å². The van der Waals surface area contributed by atoms with Crippen molar-refractivity contribution in [2.45, 2.75) is 58.6 Å². The molecule has 0 bridgehead atoms. The summed E-state index contributed by atoms with van der Waals surface area (Å²) in [5.74, 6) is -1.58. The van der Waals surface area contributed by atoms with Crippen LogP contribution in [-0.2, 0) is 9.53 Å². The molecular formula is C26H28N2O5. The third kappa shape index (κ3) is 4.40. The standard InChI is InChI=1S/C26H28N2O5/c1-15-8-4-6-10-21(15)27-23(29)17(3)33-26(32)18-12-13-19-20(14-18)25(31)28(24(19)30)22-11-7-5-9-16(22)2/h5,7,9,11-15,17,21H,4,6,8,10H2,1-3H3,(H,27,29)/t15-,17-,21+/m1/s1. The van der Waals surface area contributed by atoms with Gasteiger partial charge in [0.1, 0.15) is 0 Å². The SMILES string of the molecule is Cc1ccccc1N1C(=O)c2ccc(C(=O)O[C@H](C)C(=O)N[C@H]3CCCC[C@H]3C)cc2C1=O. The second kappa shape index (κ2) is 9.17. The monoisotopic (exact) mass is 448 g/mol. The normalized spacial score (nSPS) is 20.9. The Labute approximate surface area is 193 Å². The highest BCUT2D eigenvalue weighted by molar-refractivity contribution is 6.34. The number of hydrogen-bond acceptors (Lipinski definition) is 5. The van der Waals surface area contributed by atoms with Crippen LogP contribution in [0.4, 0.5) is 5.69 Å². The van der Waals surface area contributed by atoms with E-state index in [9.17, 15) is 19.2 Å². The summed E-state index contributed by atoms with van der Waals surface area (Å²) in [6.07, 6.45) is 3.26. The number of ether oxygens (including phenoxy) is 1. The van der Waals surface area contributed by atoms with Gasteiger partial charge in [-0.05, 0) is 62.4 Å². The quantitative estimate of drug-likeness (QED) is 0.551. The molecule has 7 nitrogen and oxygen atoms in total. The molecule has 1 N–H and O–H groups in total. The molecule has 33 heavy (non-hydrogen) atoms. The van der Waals surface area contributed by atoms with Gasteiger partial charge in [0.2, 0.25) is 0 Å². The number of nitrogens with one attached hydrogen (secondary N) is 1. The first-order valence-electron chi connectivity index (χ1n) is 11.4. The van der Waals surface area contributed by atoms with Crippen molar-refractivity contribution in [3.63, 3.8) is 0 Å². The highest BCUT2D eigenvalue weighted by atomic mass is 16.5. The van der Waals surface area contributed by atoms with Crippen LogP contribution in [-0.4, -0.2) is 35.8 Å². The summed E-state index contributed by atoms with van der Waals surface area (Å²) >= 11 is 0. The number of rotatable bonds is 5. The first kappa shape index (κ1) is 22.7. The molecule has 1 saturated carbocycles. The number of aryl methyl sites for hydroxylation is 1. The Hall–Kier alpha value is -3.48. The van der Waals surface area contributed by atoms with Gasteiger partial charge in [-0.2, -0.15) is 0 Å². The molecule has 2 aromatic rings. The van der Waals surface area contributed by atoms with E-state index in [2.05, 4.69) is 12.2 Å². The topological polar surface area (TPSA) is 92.8 Å². The van der Waals surface area contributed by atoms with Crippen molar-refractivity contribution in [3.05, 3.63) is 64.7 Å². The van der Waals surface area contributed by atoms with E-state index in [1.165, 1.54) is 31.5 Å². The predicted octanol–water partition coefficient (Wildman–Crippen LogP) is 4.04. The lowest BCUT2D eigenvalue weighted by Crippen LogP contribution is -2.46. The molecule has 1 aliphatic carbocycles. The van der Waals surface area contributed by atoms with Gasteiger partial charge < -0.3 is 10.1 Å². The highest BCUT2D eigenvalue weighted by Gasteiger charge is 2.38. The minimum absolute atomic E-state index is 0.0865. The number of fused-ring (bicyclic) bond motifs is 1. The van der Waals surface area contributed by atoms with E-state index in [-0.39, 0.29) is 28.6 Å². The third-order valence-corrected chi connectivity index (χ3v) is 6.57. The van der Waals surface area contributed by atoms with Gasteiger partial charge in [-0.1, -0.05) is 38.0 Å². The molecule has 1 aliphatic heterocycles. The van der Waals surface area contributed by atoms with Gasteiger partial charge in [-0.15, -0.1) is 0 Å². The van der Waals surface area contributed by atoms with Crippen molar-refractivity contribution < 1.29 is 23.9 Å². The lowest BCUT2D eigenvalue weighted by molar-refractivity contribution is -0.130. The number of anilines is 1. The van der Waals surface area contributed by atoms with Gasteiger partial charge >= 0.3 is 5.97 Å². The summed E-state index contributed by atoms with van der Waals surface area (Å²) in [6, 6.07) is 11.5. The highest BCUT2D eigenvalue weighted by Crippen LogP contribution is 2.31. The number of benzene rings is 2. The number of carbonyl (C=O) groups is 4. The Kier molecular flexibility index (Phi) is 6.31. The van der Waals surface area contributed by atoms with E-state index >= 15 is 0 Å². The molecule has 2 aliphatic rings. The molecule has 1 heterocycles. The Morgan fingerprint density at radius 3 is 2.45 bits per heavy atom. The van der Waals surface area contributed by atoms with Crippen molar-refractivity contribution in [2.24, 2.45) is 5.92 Å². The Morgan fingerprint density at radius 1 is 1.03 bits per heavy atom. The van der Waals surface area contributed by atoms with Crippen molar-refractivity contribution >= 4 is 29.4 Å². The van der Waals surface area contributed by atoms with Crippen LogP contribution in [0.1, 0.15) is 76.2 Å². The van der Waals surface area contributed by atoms with Crippen molar-refractivity contribution in [3.8, 4) is 0 Å². The largest absolute Gasteiger partial charge is 0.449 e. The molecule has 7 heteroatoms. The van der Waals surface area contributed by atoms with Crippen LogP contribution in [0.2, 0.25) is 0 Å². The number of hydrogen-bond donors (Lipinski definition) is 1. The summed E-state index contributed by atoms with van der Waals surface area (Å²) in [6.45, 7) is 5.47. The molecule has 4 rings (SSSR count).